The van der Waals surface area contributed by atoms with Gasteiger partial charge >= 0.3 is 0 Å². The van der Waals surface area contributed by atoms with Crippen molar-refractivity contribution < 1.29 is 22.8 Å². The van der Waals surface area contributed by atoms with E-state index >= 15 is 0 Å². The third-order valence-electron chi connectivity index (χ3n) is 4.02. The summed E-state index contributed by atoms with van der Waals surface area (Å²) in [7, 11) is -3.88. The van der Waals surface area contributed by atoms with Crippen LogP contribution in [0.1, 0.15) is 12.0 Å². The molecule has 0 atom stereocenters. The lowest BCUT2D eigenvalue weighted by Gasteiger charge is -2.26. The fourth-order valence-corrected chi connectivity index (χ4v) is 4.08. The fraction of sp³-hybridized carbons (Fsp3) is 0.400. The van der Waals surface area contributed by atoms with Crippen LogP contribution in [0.2, 0.25) is 0 Å². The first-order chi connectivity index (χ1) is 13.4. The van der Waals surface area contributed by atoms with Crippen molar-refractivity contribution in [2.24, 2.45) is 0 Å². The molecule has 1 saturated heterocycles. The van der Waals surface area contributed by atoms with Crippen LogP contribution < -0.4 is 0 Å². The predicted molar refractivity (Wildman–Crippen MR) is 112 cm³/mol. The van der Waals surface area contributed by atoms with E-state index in [1.54, 1.807) is 42.5 Å². The third-order valence-corrected chi connectivity index (χ3v) is 5.82. The normalized spacial score (nSPS) is 14.9. The first-order valence-electron chi connectivity index (χ1n) is 9.13. The van der Waals surface area contributed by atoms with Crippen LogP contribution in [0.3, 0.4) is 0 Å². The van der Waals surface area contributed by atoms with E-state index in [4.69, 9.17) is 9.29 Å². The summed E-state index contributed by atoms with van der Waals surface area (Å²) in [5.74, 6) is 1.15. The highest BCUT2D eigenvalue weighted by molar-refractivity contribution is 7.99. The van der Waals surface area contributed by atoms with E-state index in [-0.39, 0.29) is 5.75 Å². The first kappa shape index (κ1) is 22.7. The molecule has 0 radical (unpaired) electrons. The molecular formula is C20H27NO5S2. The van der Waals surface area contributed by atoms with Gasteiger partial charge in [-0.15, -0.1) is 11.8 Å². The maximum Gasteiger partial charge on any atom is 0.269 e. The van der Waals surface area contributed by atoms with E-state index in [0.29, 0.717) is 11.3 Å². The summed E-state index contributed by atoms with van der Waals surface area (Å²) in [5, 5.41) is 9.17. The maximum atomic E-state index is 10.4. The molecule has 2 aromatic carbocycles. The van der Waals surface area contributed by atoms with Crippen molar-refractivity contribution in [3.05, 3.63) is 60.2 Å². The van der Waals surface area contributed by atoms with E-state index in [2.05, 4.69) is 4.90 Å². The van der Waals surface area contributed by atoms with Crippen molar-refractivity contribution in [3.8, 4) is 5.75 Å². The molecule has 28 heavy (non-hydrogen) atoms. The van der Waals surface area contributed by atoms with Crippen LogP contribution in [0, 0.1) is 0 Å². The van der Waals surface area contributed by atoms with Crippen molar-refractivity contribution >= 4 is 21.9 Å². The smallest absolute Gasteiger partial charge is 0.269 e. The average Bonchev–Trinajstić information content (AvgIpc) is 2.67. The molecule has 0 unspecified atom stereocenters. The largest absolute Gasteiger partial charge is 0.508 e. The second-order valence-corrected chi connectivity index (χ2v) is 8.98. The molecule has 3 rings (SSSR count). The second kappa shape index (κ2) is 12.1. The van der Waals surface area contributed by atoms with Gasteiger partial charge in [0.15, 0.2) is 0 Å². The molecule has 6 nitrogen and oxygen atoms in total. The molecule has 0 spiro atoms. The summed E-state index contributed by atoms with van der Waals surface area (Å²) in [6.45, 7) is 5.07. The lowest BCUT2D eigenvalue weighted by molar-refractivity contribution is 0.0381. The fourth-order valence-electron chi connectivity index (χ4n) is 2.63. The summed E-state index contributed by atoms with van der Waals surface area (Å²) in [6, 6.07) is 15.9. The molecule has 0 saturated carbocycles. The number of phenols is 1. The molecule has 0 aliphatic carbocycles. The van der Waals surface area contributed by atoms with Crippen molar-refractivity contribution in [2.75, 3.05) is 38.6 Å². The minimum Gasteiger partial charge on any atom is -0.508 e. The van der Waals surface area contributed by atoms with E-state index in [0.717, 1.165) is 38.6 Å². The van der Waals surface area contributed by atoms with Gasteiger partial charge in [0.05, 0.1) is 13.2 Å². The average molecular weight is 426 g/mol. The zero-order chi connectivity index (χ0) is 20.2. The molecule has 1 heterocycles. The minimum absolute atomic E-state index is 0.312. The Labute approximate surface area is 171 Å². The van der Waals surface area contributed by atoms with Crippen molar-refractivity contribution in [2.45, 2.75) is 17.1 Å². The molecule has 0 amide bonds. The van der Waals surface area contributed by atoms with Gasteiger partial charge in [0.2, 0.25) is 0 Å². The van der Waals surface area contributed by atoms with Crippen LogP contribution in [-0.4, -0.2) is 61.6 Å². The number of benzene rings is 2. The summed E-state index contributed by atoms with van der Waals surface area (Å²) >= 11 is 1.85. The van der Waals surface area contributed by atoms with Crippen LogP contribution in [0.5, 0.6) is 5.75 Å². The van der Waals surface area contributed by atoms with Crippen LogP contribution >= 0.6 is 11.8 Å². The monoisotopic (exact) mass is 425 g/mol. The number of hydrogen-bond acceptors (Lipinski definition) is 6. The Morgan fingerprint density at radius 3 is 2.25 bits per heavy atom. The van der Waals surface area contributed by atoms with Gasteiger partial charge in [-0.2, -0.15) is 8.42 Å². The predicted octanol–water partition coefficient (Wildman–Crippen LogP) is 3.28. The topological polar surface area (TPSA) is 87.1 Å². The van der Waals surface area contributed by atoms with Gasteiger partial charge in [-0.1, -0.05) is 30.3 Å². The molecule has 1 aliphatic rings. The van der Waals surface area contributed by atoms with Gasteiger partial charge in [-0.3, -0.25) is 9.45 Å². The SMILES string of the molecule is O=S(=O)(O)Cc1ccccc1.Oc1ccc(SCCCN2CCOCC2)cc1. The van der Waals surface area contributed by atoms with Gasteiger partial charge in [-0.05, 0) is 48.5 Å². The van der Waals surface area contributed by atoms with Crippen LogP contribution in [0.15, 0.2) is 59.5 Å². The number of nitrogens with zero attached hydrogens (tertiary/aromatic N) is 1. The Morgan fingerprint density at radius 2 is 1.64 bits per heavy atom. The standard InChI is InChI=1S/C13H19NO2S.C7H8O3S/c15-12-2-4-13(5-3-12)17-11-1-6-14-7-9-16-10-8-14;8-11(9,10)6-7-4-2-1-3-5-7/h2-5,15H,1,6-11H2;1-5H,6H2,(H,8,9,10). The van der Waals surface area contributed by atoms with Crippen molar-refractivity contribution in [1.29, 1.82) is 0 Å². The lowest BCUT2D eigenvalue weighted by atomic mass is 10.2. The van der Waals surface area contributed by atoms with Crippen molar-refractivity contribution in [1.82, 2.24) is 4.90 Å². The number of aromatic hydroxyl groups is 1. The quantitative estimate of drug-likeness (QED) is 0.400. The molecule has 2 aromatic rings. The first-order valence-corrected chi connectivity index (χ1v) is 11.7. The molecule has 1 fully saturated rings. The Balaban J connectivity index is 0.000000221. The van der Waals surface area contributed by atoms with Gasteiger partial charge in [-0.25, -0.2) is 0 Å². The van der Waals surface area contributed by atoms with Gasteiger partial charge in [0, 0.05) is 18.0 Å². The molecular weight excluding hydrogens is 398 g/mol. The highest BCUT2D eigenvalue weighted by Crippen LogP contribution is 2.21. The van der Waals surface area contributed by atoms with Crippen molar-refractivity contribution in [3.63, 3.8) is 0 Å². The van der Waals surface area contributed by atoms with Crippen LogP contribution in [-0.2, 0) is 20.6 Å². The molecule has 2 N–H and O–H groups in total. The summed E-state index contributed by atoms with van der Waals surface area (Å²) < 4.78 is 34.5. The summed E-state index contributed by atoms with van der Waals surface area (Å²) in [4.78, 5) is 3.69. The highest BCUT2D eigenvalue weighted by Gasteiger charge is 2.09. The second-order valence-electron chi connectivity index (χ2n) is 6.36. The number of hydrogen-bond donors (Lipinski definition) is 2. The Hall–Kier alpha value is -1.58. The van der Waals surface area contributed by atoms with Gasteiger partial charge in [0.1, 0.15) is 11.5 Å². The Kier molecular flexibility index (Phi) is 9.80. The van der Waals surface area contributed by atoms with Gasteiger partial charge in [0.25, 0.3) is 10.1 Å². The lowest BCUT2D eigenvalue weighted by Crippen LogP contribution is -2.36. The Bertz CT molecular complexity index is 776. The van der Waals surface area contributed by atoms with E-state index in [9.17, 15) is 13.5 Å². The molecule has 1 aliphatic heterocycles. The molecule has 0 aromatic heterocycles. The van der Waals surface area contributed by atoms with Crippen LogP contribution in [0.25, 0.3) is 0 Å². The van der Waals surface area contributed by atoms with Crippen LogP contribution in [0.4, 0.5) is 0 Å². The van der Waals surface area contributed by atoms with E-state index < -0.39 is 10.1 Å². The van der Waals surface area contributed by atoms with E-state index in [1.165, 1.54) is 11.3 Å². The molecule has 8 heteroatoms. The number of thioether (sulfide) groups is 1. The molecule has 154 valence electrons. The van der Waals surface area contributed by atoms with Gasteiger partial charge < -0.3 is 9.84 Å². The van der Waals surface area contributed by atoms with E-state index in [1.807, 2.05) is 23.9 Å². The zero-order valence-electron chi connectivity index (χ0n) is 15.7. The Morgan fingerprint density at radius 1 is 1.00 bits per heavy atom. The number of phenolic OH excluding ortho intramolecular Hbond substituents is 1. The highest BCUT2D eigenvalue weighted by atomic mass is 32.2. The number of ether oxygens (including phenoxy) is 1. The maximum absolute atomic E-state index is 10.4. The molecule has 0 bridgehead atoms. The summed E-state index contributed by atoms with van der Waals surface area (Å²) in [6.07, 6.45) is 1.20. The number of rotatable bonds is 7. The summed E-state index contributed by atoms with van der Waals surface area (Å²) in [5.41, 5.74) is 0.593. The minimum atomic E-state index is -3.88. The number of morpholine rings is 1. The third kappa shape index (κ3) is 10.1. The zero-order valence-corrected chi connectivity index (χ0v) is 17.4.